The van der Waals surface area contributed by atoms with E-state index in [0.29, 0.717) is 24.2 Å². The monoisotopic (exact) mass is 458 g/mol. The second kappa shape index (κ2) is 7.91. The van der Waals surface area contributed by atoms with Crippen molar-refractivity contribution in [3.05, 3.63) is 58.7 Å². The Labute approximate surface area is 187 Å². The maximum Gasteiger partial charge on any atom is 0.417 e. The molecule has 1 N–H and O–H groups in total. The van der Waals surface area contributed by atoms with Gasteiger partial charge in [-0.2, -0.15) is 18.4 Å². The fraction of sp³-hybridized carbons (Fsp3) is 0.273. The van der Waals surface area contributed by atoms with Crippen LogP contribution in [-0.2, 0) is 17.4 Å². The number of alkyl halides is 3. The molecule has 0 radical (unpaired) electrons. The number of thiocarbonyl (C=S) groups is 1. The predicted octanol–water partition coefficient (Wildman–Crippen LogP) is 3.78. The third-order valence-corrected chi connectivity index (χ3v) is 5.84. The highest BCUT2D eigenvalue weighted by Gasteiger charge is 2.49. The summed E-state index contributed by atoms with van der Waals surface area (Å²) in [5.74, 6) is -0.714. The smallest absolute Gasteiger partial charge is 0.352 e. The highest BCUT2D eigenvalue weighted by atomic mass is 32.1. The maximum absolute atomic E-state index is 13.4. The fourth-order valence-corrected chi connectivity index (χ4v) is 4.36. The number of halogens is 3. The molecule has 0 aromatic heterocycles. The molecule has 6 nitrogen and oxygen atoms in total. The van der Waals surface area contributed by atoms with Crippen LogP contribution in [0.4, 0.5) is 24.5 Å². The van der Waals surface area contributed by atoms with Crippen LogP contribution in [0.3, 0.4) is 0 Å². The number of nitrogens with zero attached hydrogens (tertiary/aromatic N) is 3. The summed E-state index contributed by atoms with van der Waals surface area (Å²) < 4.78 is 40.2. The molecular formula is C22H17F3N4O2S. The van der Waals surface area contributed by atoms with Gasteiger partial charge >= 0.3 is 6.18 Å². The van der Waals surface area contributed by atoms with Crippen LogP contribution >= 0.6 is 12.2 Å². The first-order valence-corrected chi connectivity index (χ1v) is 10.3. The zero-order chi connectivity index (χ0) is 23.2. The summed E-state index contributed by atoms with van der Waals surface area (Å²) in [6.45, 7) is 2.46. The number of amides is 2. The molecule has 2 heterocycles. The van der Waals surface area contributed by atoms with Crippen LogP contribution in [0.2, 0.25) is 0 Å². The molecule has 1 saturated heterocycles. The second-order valence-corrected chi connectivity index (χ2v) is 7.85. The first-order valence-electron chi connectivity index (χ1n) is 9.87. The third-order valence-electron chi connectivity index (χ3n) is 5.46. The number of anilines is 2. The summed E-state index contributed by atoms with van der Waals surface area (Å²) in [6.07, 6.45) is -3.65. The molecule has 2 aliphatic heterocycles. The van der Waals surface area contributed by atoms with Gasteiger partial charge in [0.1, 0.15) is 6.04 Å². The summed E-state index contributed by atoms with van der Waals surface area (Å²) in [5.41, 5.74) is 0.101. The van der Waals surface area contributed by atoms with Gasteiger partial charge < -0.3 is 10.2 Å². The lowest BCUT2D eigenvalue weighted by molar-refractivity contribution is -0.137. The van der Waals surface area contributed by atoms with Gasteiger partial charge in [0.25, 0.3) is 11.8 Å². The quantitative estimate of drug-likeness (QED) is 0.706. The normalized spacial score (nSPS) is 17.3. The first-order chi connectivity index (χ1) is 15.2. The van der Waals surface area contributed by atoms with Gasteiger partial charge in [0.15, 0.2) is 5.11 Å². The number of hydrogen-bond donors (Lipinski definition) is 1. The average Bonchev–Trinajstić information content (AvgIpc) is 3.26. The van der Waals surface area contributed by atoms with Crippen molar-refractivity contribution in [1.82, 2.24) is 5.32 Å². The van der Waals surface area contributed by atoms with Gasteiger partial charge in [0, 0.05) is 24.2 Å². The van der Waals surface area contributed by atoms with Crippen LogP contribution in [0.1, 0.15) is 40.4 Å². The minimum absolute atomic E-state index is 0.0303. The summed E-state index contributed by atoms with van der Waals surface area (Å²) in [6, 6.07) is 8.97. The van der Waals surface area contributed by atoms with Gasteiger partial charge in [-0.15, -0.1) is 0 Å². The second-order valence-electron chi connectivity index (χ2n) is 7.48. The Bertz CT molecular complexity index is 1190. The van der Waals surface area contributed by atoms with Crippen LogP contribution in [0.5, 0.6) is 0 Å². The molecular weight excluding hydrogens is 441 g/mol. The maximum atomic E-state index is 13.4. The van der Waals surface area contributed by atoms with E-state index in [1.165, 1.54) is 12.1 Å². The minimum atomic E-state index is -4.75. The van der Waals surface area contributed by atoms with E-state index >= 15 is 0 Å². The van der Waals surface area contributed by atoms with Crippen molar-refractivity contribution in [2.75, 3.05) is 16.3 Å². The number of carbonyl (C=O) groups is 2. The average molecular weight is 458 g/mol. The summed E-state index contributed by atoms with van der Waals surface area (Å²) >= 11 is 5.47. The number of fused-ring (bicyclic) bond motifs is 3. The summed E-state index contributed by atoms with van der Waals surface area (Å²) in [7, 11) is 0. The van der Waals surface area contributed by atoms with Gasteiger partial charge in [0.2, 0.25) is 0 Å². The molecule has 0 aliphatic carbocycles. The van der Waals surface area contributed by atoms with Crippen molar-refractivity contribution in [1.29, 1.82) is 5.26 Å². The summed E-state index contributed by atoms with van der Waals surface area (Å²) in [5, 5.41) is 11.8. The first kappa shape index (κ1) is 21.8. The van der Waals surface area contributed by atoms with Crippen molar-refractivity contribution in [3.63, 3.8) is 0 Å². The molecule has 164 valence electrons. The predicted molar refractivity (Wildman–Crippen MR) is 115 cm³/mol. The molecule has 32 heavy (non-hydrogen) atoms. The van der Waals surface area contributed by atoms with Gasteiger partial charge in [-0.1, -0.05) is 13.0 Å². The van der Waals surface area contributed by atoms with Crippen molar-refractivity contribution < 1.29 is 22.8 Å². The molecule has 2 aromatic carbocycles. The highest BCUT2D eigenvalue weighted by Crippen LogP contribution is 2.41. The number of nitrogens with one attached hydrogen (secondary N) is 1. The van der Waals surface area contributed by atoms with Gasteiger partial charge in [-0.3, -0.25) is 14.5 Å². The molecule has 1 atom stereocenters. The van der Waals surface area contributed by atoms with Crippen LogP contribution in [0, 0.1) is 11.3 Å². The highest BCUT2D eigenvalue weighted by molar-refractivity contribution is 7.81. The third kappa shape index (κ3) is 3.48. The number of nitriles is 1. The Morgan fingerprint density at radius 3 is 2.69 bits per heavy atom. The topological polar surface area (TPSA) is 76.4 Å². The lowest BCUT2D eigenvalue weighted by Gasteiger charge is -2.21. The van der Waals surface area contributed by atoms with E-state index in [9.17, 15) is 22.8 Å². The van der Waals surface area contributed by atoms with E-state index in [1.807, 2.05) is 6.92 Å². The zero-order valence-corrected chi connectivity index (χ0v) is 17.7. The van der Waals surface area contributed by atoms with Crippen LogP contribution in [0.15, 0.2) is 36.4 Å². The van der Waals surface area contributed by atoms with Gasteiger partial charge in [0.05, 0.1) is 22.9 Å². The molecule has 0 saturated carbocycles. The zero-order valence-electron chi connectivity index (χ0n) is 16.9. The SMILES string of the molecule is CCCNC(=O)c1ccc2c(c1)N1C(=S)N(c3ccc(C#N)c(C(F)(F)F)c3)C(=O)C1C2. The lowest BCUT2D eigenvalue weighted by atomic mass is 10.0. The Morgan fingerprint density at radius 2 is 2.03 bits per heavy atom. The van der Waals surface area contributed by atoms with E-state index in [1.54, 1.807) is 23.1 Å². The molecule has 1 unspecified atom stereocenters. The van der Waals surface area contributed by atoms with Gasteiger partial charge in [-0.05, 0) is 54.5 Å². The molecule has 1 fully saturated rings. The van der Waals surface area contributed by atoms with Crippen LogP contribution < -0.4 is 15.1 Å². The summed E-state index contributed by atoms with van der Waals surface area (Å²) in [4.78, 5) is 28.1. The molecule has 10 heteroatoms. The van der Waals surface area contributed by atoms with Crippen molar-refractivity contribution in [2.24, 2.45) is 0 Å². The Balaban J connectivity index is 1.70. The number of benzene rings is 2. The van der Waals surface area contributed by atoms with Gasteiger partial charge in [-0.25, -0.2) is 0 Å². The van der Waals surface area contributed by atoms with E-state index < -0.39 is 29.3 Å². The molecule has 2 aliphatic rings. The fourth-order valence-electron chi connectivity index (χ4n) is 3.94. The van der Waals surface area contributed by atoms with E-state index in [0.717, 1.165) is 29.0 Å². The molecule has 2 amide bonds. The van der Waals surface area contributed by atoms with E-state index in [-0.39, 0.29) is 16.7 Å². The number of carbonyl (C=O) groups excluding carboxylic acids is 2. The van der Waals surface area contributed by atoms with E-state index in [2.05, 4.69) is 5.32 Å². The largest absolute Gasteiger partial charge is 0.417 e. The van der Waals surface area contributed by atoms with Crippen molar-refractivity contribution >= 4 is 40.5 Å². The van der Waals surface area contributed by atoms with Crippen LogP contribution in [0.25, 0.3) is 0 Å². The molecule has 0 bridgehead atoms. The molecule has 4 rings (SSSR count). The minimum Gasteiger partial charge on any atom is -0.352 e. The molecule has 2 aromatic rings. The Kier molecular flexibility index (Phi) is 5.38. The van der Waals surface area contributed by atoms with Crippen molar-refractivity contribution in [2.45, 2.75) is 32.0 Å². The Hall–Kier alpha value is -3.45. The lowest BCUT2D eigenvalue weighted by Crippen LogP contribution is -2.33. The van der Waals surface area contributed by atoms with Crippen LogP contribution in [-0.4, -0.2) is 29.5 Å². The van der Waals surface area contributed by atoms with E-state index in [4.69, 9.17) is 17.5 Å². The number of hydrogen-bond acceptors (Lipinski definition) is 4. The van der Waals surface area contributed by atoms with Crippen molar-refractivity contribution in [3.8, 4) is 6.07 Å². The molecule has 0 spiro atoms. The number of rotatable bonds is 4. The Morgan fingerprint density at radius 1 is 1.28 bits per heavy atom. The standard InChI is InChI=1S/C22H17F3N4O2S/c1-2-7-27-19(30)13-4-3-12-8-18-20(31)28(21(32)29(18)17(12)9-13)15-6-5-14(11-26)16(10-15)22(23,24)25/h3-6,9-10,18H,2,7-8H2,1H3,(H,27,30).